The van der Waals surface area contributed by atoms with Gasteiger partial charge in [-0.3, -0.25) is 0 Å². The van der Waals surface area contributed by atoms with Crippen molar-refractivity contribution in [3.05, 3.63) is 30.2 Å². The number of fused-ring (bicyclic) bond motifs is 1. The van der Waals surface area contributed by atoms with E-state index in [2.05, 4.69) is 45.0 Å². The summed E-state index contributed by atoms with van der Waals surface area (Å²) in [5.41, 5.74) is 2.13. The zero-order valence-corrected chi connectivity index (χ0v) is 17.0. The highest BCUT2D eigenvalue weighted by Crippen LogP contribution is 2.35. The molecule has 3 aromatic rings. The van der Waals surface area contributed by atoms with Crippen LogP contribution in [0.1, 0.15) is 32.5 Å². The van der Waals surface area contributed by atoms with Crippen LogP contribution in [0.3, 0.4) is 0 Å². The van der Waals surface area contributed by atoms with Crippen LogP contribution in [0.25, 0.3) is 11.3 Å². The Kier molecular flexibility index (Phi) is 5.80. The summed E-state index contributed by atoms with van der Waals surface area (Å²) in [5, 5.41) is 13.0. The number of imidazole rings is 1. The summed E-state index contributed by atoms with van der Waals surface area (Å²) in [6, 6.07) is 6.04. The van der Waals surface area contributed by atoms with Crippen molar-refractivity contribution in [2.24, 2.45) is 0 Å². The molecule has 0 atom stereocenters. The predicted molar refractivity (Wildman–Crippen MR) is 107 cm³/mol. The van der Waals surface area contributed by atoms with E-state index in [0.717, 1.165) is 59.7 Å². The van der Waals surface area contributed by atoms with Crippen LogP contribution in [0, 0.1) is 0 Å². The Bertz CT molecular complexity index is 938. The van der Waals surface area contributed by atoms with E-state index in [1.54, 1.807) is 11.8 Å². The lowest BCUT2D eigenvalue weighted by Gasteiger charge is -2.19. The Morgan fingerprint density at radius 2 is 2.00 bits per heavy atom. The fourth-order valence-corrected chi connectivity index (χ4v) is 4.13. The van der Waals surface area contributed by atoms with Crippen molar-refractivity contribution in [1.29, 1.82) is 0 Å². The summed E-state index contributed by atoms with van der Waals surface area (Å²) in [4.78, 5) is 4.64. The van der Waals surface area contributed by atoms with E-state index in [1.165, 1.54) is 0 Å². The average Bonchev–Trinajstić information content (AvgIpc) is 3.36. The van der Waals surface area contributed by atoms with E-state index >= 15 is 0 Å². The molecule has 1 aromatic carbocycles. The van der Waals surface area contributed by atoms with Crippen LogP contribution in [-0.4, -0.2) is 43.0 Å². The lowest BCUT2D eigenvalue weighted by molar-refractivity contribution is 0.171. The van der Waals surface area contributed by atoms with Crippen molar-refractivity contribution in [2.75, 3.05) is 13.2 Å². The SMILES string of the molecule is CCCCn1nnnc1CSc1ncc(-c2ccc3c(c2)OCCO3)n1CC. The number of rotatable bonds is 8. The molecule has 0 unspecified atom stereocenters. The number of benzene rings is 1. The lowest BCUT2D eigenvalue weighted by Crippen LogP contribution is -2.15. The monoisotopic (exact) mass is 400 g/mol. The van der Waals surface area contributed by atoms with E-state index in [9.17, 15) is 0 Å². The molecule has 0 bridgehead atoms. The zero-order valence-electron chi connectivity index (χ0n) is 16.2. The van der Waals surface area contributed by atoms with Crippen LogP contribution in [0.5, 0.6) is 11.5 Å². The highest BCUT2D eigenvalue weighted by Gasteiger charge is 2.17. The number of aromatic nitrogens is 6. The van der Waals surface area contributed by atoms with Gasteiger partial charge < -0.3 is 14.0 Å². The maximum atomic E-state index is 5.72. The first-order valence-corrected chi connectivity index (χ1v) is 10.6. The molecule has 1 aliphatic rings. The fraction of sp³-hybridized carbons (Fsp3) is 0.474. The molecule has 8 nitrogen and oxygen atoms in total. The molecule has 2 aromatic heterocycles. The molecule has 0 saturated heterocycles. The van der Waals surface area contributed by atoms with Gasteiger partial charge in [-0.25, -0.2) is 9.67 Å². The molecule has 1 aliphatic heterocycles. The maximum absolute atomic E-state index is 5.72. The molecule has 0 amide bonds. The van der Waals surface area contributed by atoms with Gasteiger partial charge in [-0.2, -0.15) is 0 Å². The standard InChI is InChI=1S/C19H24N6O2S/c1-3-5-8-25-18(21-22-23-25)13-28-19-20-12-15(24(19)4-2)14-6-7-16-17(11-14)27-10-9-26-16/h6-7,11-12H,3-5,8-10,13H2,1-2H3. The third-order valence-electron chi connectivity index (χ3n) is 4.63. The van der Waals surface area contributed by atoms with E-state index < -0.39 is 0 Å². The van der Waals surface area contributed by atoms with Gasteiger partial charge >= 0.3 is 0 Å². The van der Waals surface area contributed by atoms with E-state index in [4.69, 9.17) is 9.47 Å². The third kappa shape index (κ3) is 3.84. The number of thioether (sulfide) groups is 1. The number of hydrogen-bond donors (Lipinski definition) is 0. The second-order valence-corrected chi connectivity index (χ2v) is 7.43. The van der Waals surface area contributed by atoms with Crippen LogP contribution in [0.15, 0.2) is 29.6 Å². The van der Waals surface area contributed by atoms with Crippen molar-refractivity contribution in [3.63, 3.8) is 0 Å². The average molecular weight is 401 g/mol. The largest absolute Gasteiger partial charge is 0.486 e. The van der Waals surface area contributed by atoms with Gasteiger partial charge in [0.2, 0.25) is 0 Å². The number of unbranched alkanes of at least 4 members (excludes halogenated alkanes) is 1. The first kappa shape index (κ1) is 18.8. The molecule has 4 rings (SSSR count). The number of aryl methyl sites for hydroxylation is 1. The molecule has 0 aliphatic carbocycles. The Morgan fingerprint density at radius 3 is 2.82 bits per heavy atom. The van der Waals surface area contributed by atoms with Gasteiger partial charge in [0.15, 0.2) is 22.5 Å². The van der Waals surface area contributed by atoms with Gasteiger partial charge in [0, 0.05) is 18.7 Å². The summed E-state index contributed by atoms with van der Waals surface area (Å²) in [7, 11) is 0. The third-order valence-corrected chi connectivity index (χ3v) is 5.62. The normalized spacial score (nSPS) is 13.1. The topological polar surface area (TPSA) is 79.9 Å². The van der Waals surface area contributed by atoms with Gasteiger partial charge in [0.1, 0.15) is 13.2 Å². The van der Waals surface area contributed by atoms with Crippen molar-refractivity contribution < 1.29 is 9.47 Å². The predicted octanol–water partition coefficient (Wildman–Crippen LogP) is 3.42. The van der Waals surface area contributed by atoms with Crippen LogP contribution in [0.2, 0.25) is 0 Å². The Labute approximate surface area is 168 Å². The number of ether oxygens (including phenoxy) is 2. The highest BCUT2D eigenvalue weighted by molar-refractivity contribution is 7.98. The first-order chi connectivity index (χ1) is 13.8. The summed E-state index contributed by atoms with van der Waals surface area (Å²) >= 11 is 1.65. The lowest BCUT2D eigenvalue weighted by atomic mass is 10.1. The van der Waals surface area contributed by atoms with E-state index in [0.29, 0.717) is 19.0 Å². The van der Waals surface area contributed by atoms with Gasteiger partial charge in [-0.05, 0) is 42.0 Å². The molecule has 0 spiro atoms. The minimum atomic E-state index is 0.581. The molecule has 28 heavy (non-hydrogen) atoms. The Morgan fingerprint density at radius 1 is 1.14 bits per heavy atom. The second-order valence-electron chi connectivity index (χ2n) is 6.49. The summed E-state index contributed by atoms with van der Waals surface area (Å²) < 4.78 is 15.4. The van der Waals surface area contributed by atoms with Crippen LogP contribution >= 0.6 is 11.8 Å². The van der Waals surface area contributed by atoms with Gasteiger partial charge in [-0.15, -0.1) is 5.10 Å². The van der Waals surface area contributed by atoms with Crippen molar-refractivity contribution in [2.45, 2.75) is 50.7 Å². The van der Waals surface area contributed by atoms with Crippen LogP contribution in [0.4, 0.5) is 0 Å². The molecule has 0 radical (unpaired) electrons. The van der Waals surface area contributed by atoms with Gasteiger partial charge in [0.25, 0.3) is 0 Å². The molecular weight excluding hydrogens is 376 g/mol. The molecule has 3 heterocycles. The maximum Gasteiger partial charge on any atom is 0.168 e. The molecule has 0 saturated carbocycles. The molecule has 148 valence electrons. The minimum absolute atomic E-state index is 0.581. The minimum Gasteiger partial charge on any atom is -0.486 e. The summed E-state index contributed by atoms with van der Waals surface area (Å²) in [5.74, 6) is 3.15. The highest BCUT2D eigenvalue weighted by atomic mass is 32.2. The van der Waals surface area contributed by atoms with Crippen LogP contribution in [-0.2, 0) is 18.8 Å². The molecule has 9 heteroatoms. The van der Waals surface area contributed by atoms with Crippen molar-refractivity contribution in [3.8, 4) is 22.8 Å². The number of tetrazole rings is 1. The second kappa shape index (κ2) is 8.64. The smallest absolute Gasteiger partial charge is 0.168 e. The number of nitrogens with zero attached hydrogens (tertiary/aromatic N) is 6. The van der Waals surface area contributed by atoms with Crippen molar-refractivity contribution >= 4 is 11.8 Å². The fourth-order valence-electron chi connectivity index (χ4n) is 3.15. The first-order valence-electron chi connectivity index (χ1n) is 9.63. The Balaban J connectivity index is 1.53. The van der Waals surface area contributed by atoms with Gasteiger partial charge in [-0.1, -0.05) is 25.1 Å². The summed E-state index contributed by atoms with van der Waals surface area (Å²) in [6.45, 7) is 7.14. The molecular formula is C19H24N6O2S. The molecule has 0 fully saturated rings. The summed E-state index contributed by atoms with van der Waals surface area (Å²) in [6.07, 6.45) is 4.10. The molecule has 0 N–H and O–H groups in total. The van der Waals surface area contributed by atoms with E-state index in [1.807, 2.05) is 23.0 Å². The van der Waals surface area contributed by atoms with Gasteiger partial charge in [0.05, 0.1) is 17.6 Å². The number of hydrogen-bond acceptors (Lipinski definition) is 7. The van der Waals surface area contributed by atoms with E-state index in [-0.39, 0.29) is 0 Å². The van der Waals surface area contributed by atoms with Crippen molar-refractivity contribution in [1.82, 2.24) is 29.8 Å². The zero-order chi connectivity index (χ0) is 19.3. The quantitative estimate of drug-likeness (QED) is 0.536. The Hall–Kier alpha value is -2.55. The van der Waals surface area contributed by atoms with Crippen LogP contribution < -0.4 is 9.47 Å².